The van der Waals surface area contributed by atoms with Crippen molar-refractivity contribution in [2.45, 2.75) is 5.75 Å². The zero-order valence-corrected chi connectivity index (χ0v) is 15.8. The molecule has 0 saturated heterocycles. The molecule has 0 atom stereocenters. The molecule has 0 amide bonds. The predicted octanol–water partition coefficient (Wildman–Crippen LogP) is 2.80. The van der Waals surface area contributed by atoms with Gasteiger partial charge in [0.1, 0.15) is 10.6 Å². The topological polar surface area (TPSA) is 76.6 Å². The Morgan fingerprint density at radius 1 is 0.963 bits per heavy atom. The molecule has 1 N–H and O–H groups in total. The number of hydrogen-bond acceptors (Lipinski definition) is 5. The van der Waals surface area contributed by atoms with Crippen LogP contribution in [0.1, 0.15) is 11.1 Å². The molecular weight excluding hydrogens is 362 g/mol. The standard InChI is InChI=1S/C20H19N3O3S/c1-22-18(24)16(19(25)23(2)20(22)26)17(21-15-11-7-4-8-12-15)27-13-14-9-5-3-6-10-14/h3-12,24H,13H2,1-2H3. The van der Waals surface area contributed by atoms with Crippen molar-refractivity contribution in [3.05, 3.63) is 92.6 Å². The van der Waals surface area contributed by atoms with Gasteiger partial charge in [-0.3, -0.25) is 13.9 Å². The van der Waals surface area contributed by atoms with Crippen LogP contribution in [-0.2, 0) is 19.8 Å². The highest BCUT2D eigenvalue weighted by molar-refractivity contribution is 8.13. The molecule has 0 fully saturated rings. The van der Waals surface area contributed by atoms with E-state index in [1.54, 1.807) is 0 Å². The molecule has 1 heterocycles. The van der Waals surface area contributed by atoms with Crippen molar-refractivity contribution in [1.82, 2.24) is 9.13 Å². The molecule has 0 radical (unpaired) electrons. The highest BCUT2D eigenvalue weighted by atomic mass is 32.2. The lowest BCUT2D eigenvalue weighted by Crippen LogP contribution is -2.39. The smallest absolute Gasteiger partial charge is 0.333 e. The van der Waals surface area contributed by atoms with Gasteiger partial charge >= 0.3 is 5.69 Å². The maximum absolute atomic E-state index is 12.7. The molecule has 3 aromatic rings. The largest absolute Gasteiger partial charge is 0.494 e. The lowest BCUT2D eigenvalue weighted by atomic mass is 10.2. The van der Waals surface area contributed by atoms with Gasteiger partial charge in [0.25, 0.3) is 5.56 Å². The number of aromatic hydroxyl groups is 1. The van der Waals surface area contributed by atoms with Gasteiger partial charge in [0.15, 0.2) is 0 Å². The number of hydrogen-bond donors (Lipinski definition) is 1. The predicted molar refractivity (Wildman–Crippen MR) is 109 cm³/mol. The summed E-state index contributed by atoms with van der Waals surface area (Å²) in [5.41, 5.74) is 0.566. The fraction of sp³-hybridized carbons (Fsp3) is 0.150. The molecule has 0 aliphatic carbocycles. The third-order valence-electron chi connectivity index (χ3n) is 4.05. The van der Waals surface area contributed by atoms with Crippen molar-refractivity contribution in [1.29, 1.82) is 0 Å². The Bertz CT molecular complexity index is 1090. The minimum Gasteiger partial charge on any atom is -0.494 e. The van der Waals surface area contributed by atoms with E-state index in [1.807, 2.05) is 60.7 Å². The number of benzene rings is 2. The van der Waals surface area contributed by atoms with E-state index in [9.17, 15) is 14.7 Å². The highest BCUT2D eigenvalue weighted by Crippen LogP contribution is 2.25. The maximum Gasteiger partial charge on any atom is 0.333 e. The van der Waals surface area contributed by atoms with E-state index >= 15 is 0 Å². The summed E-state index contributed by atoms with van der Waals surface area (Å²) in [5, 5.41) is 10.8. The van der Waals surface area contributed by atoms with Crippen LogP contribution in [0.4, 0.5) is 5.69 Å². The molecule has 138 valence electrons. The van der Waals surface area contributed by atoms with Gasteiger partial charge in [-0.25, -0.2) is 9.79 Å². The number of rotatable bonds is 4. The number of aromatic nitrogens is 2. The minimum atomic E-state index is -0.589. The fourth-order valence-electron chi connectivity index (χ4n) is 2.53. The molecule has 27 heavy (non-hydrogen) atoms. The molecule has 0 unspecified atom stereocenters. The first-order valence-electron chi connectivity index (χ1n) is 8.29. The van der Waals surface area contributed by atoms with Crippen LogP contribution < -0.4 is 11.2 Å². The summed E-state index contributed by atoms with van der Waals surface area (Å²) in [7, 11) is 2.80. The summed E-state index contributed by atoms with van der Waals surface area (Å²) >= 11 is 1.34. The van der Waals surface area contributed by atoms with Gasteiger partial charge in [-0.2, -0.15) is 0 Å². The molecule has 0 aliphatic rings. The second-order valence-electron chi connectivity index (χ2n) is 5.93. The summed E-state index contributed by atoms with van der Waals surface area (Å²) in [5.74, 6) is 0.177. The molecule has 2 aromatic carbocycles. The molecule has 7 heteroatoms. The number of nitrogens with zero attached hydrogens (tertiary/aromatic N) is 3. The summed E-state index contributed by atoms with van der Waals surface area (Å²) in [6.07, 6.45) is 0. The molecule has 0 saturated carbocycles. The SMILES string of the molecule is Cn1c(O)c(C(=Nc2ccccc2)SCc2ccccc2)c(=O)n(C)c1=O. The van der Waals surface area contributed by atoms with Gasteiger partial charge < -0.3 is 5.11 Å². The van der Waals surface area contributed by atoms with Crippen LogP contribution in [0.25, 0.3) is 0 Å². The lowest BCUT2D eigenvalue weighted by Gasteiger charge is -2.12. The average molecular weight is 381 g/mol. The Morgan fingerprint density at radius 2 is 1.56 bits per heavy atom. The van der Waals surface area contributed by atoms with Gasteiger partial charge in [-0.15, -0.1) is 11.8 Å². The molecule has 0 aliphatic heterocycles. The molecule has 3 rings (SSSR count). The quantitative estimate of drug-likeness (QED) is 0.557. The van der Waals surface area contributed by atoms with Crippen molar-refractivity contribution in [2.24, 2.45) is 19.1 Å². The first-order valence-corrected chi connectivity index (χ1v) is 9.27. The van der Waals surface area contributed by atoms with Gasteiger partial charge in [0.05, 0.1) is 5.69 Å². The summed E-state index contributed by atoms with van der Waals surface area (Å²) in [4.78, 5) is 29.3. The van der Waals surface area contributed by atoms with Crippen LogP contribution in [0.2, 0.25) is 0 Å². The van der Waals surface area contributed by atoms with Gasteiger partial charge in [-0.1, -0.05) is 48.5 Å². The second kappa shape index (κ2) is 8.09. The number of thioether (sulfide) groups is 1. The Labute approximate surface area is 160 Å². The molecular formula is C20H19N3O3S. The molecule has 0 spiro atoms. The third-order valence-corrected chi connectivity index (χ3v) is 5.10. The second-order valence-corrected chi connectivity index (χ2v) is 6.90. The highest BCUT2D eigenvalue weighted by Gasteiger charge is 2.21. The molecule has 0 bridgehead atoms. The first kappa shape index (κ1) is 18.7. The Morgan fingerprint density at radius 3 is 2.19 bits per heavy atom. The van der Waals surface area contributed by atoms with E-state index in [-0.39, 0.29) is 5.56 Å². The third kappa shape index (κ3) is 4.03. The summed E-state index contributed by atoms with van der Waals surface area (Å²) < 4.78 is 2.01. The Kier molecular flexibility index (Phi) is 5.61. The summed E-state index contributed by atoms with van der Waals surface area (Å²) in [6.45, 7) is 0. The van der Waals surface area contributed by atoms with Crippen molar-refractivity contribution in [3.63, 3.8) is 0 Å². The van der Waals surface area contributed by atoms with E-state index in [1.165, 1.54) is 25.9 Å². The zero-order valence-electron chi connectivity index (χ0n) is 15.0. The van der Waals surface area contributed by atoms with E-state index in [4.69, 9.17) is 0 Å². The van der Waals surface area contributed by atoms with E-state index in [2.05, 4.69) is 4.99 Å². The Hall–Kier alpha value is -3.06. The van der Waals surface area contributed by atoms with Crippen LogP contribution in [0.5, 0.6) is 5.88 Å². The lowest BCUT2D eigenvalue weighted by molar-refractivity contribution is 0.410. The van der Waals surface area contributed by atoms with Crippen LogP contribution in [-0.4, -0.2) is 19.3 Å². The molecule has 1 aromatic heterocycles. The fourth-order valence-corrected chi connectivity index (χ4v) is 3.52. The minimum absolute atomic E-state index is 0.0179. The average Bonchev–Trinajstić information content (AvgIpc) is 2.70. The van der Waals surface area contributed by atoms with Gasteiger partial charge in [0, 0.05) is 19.8 Å². The number of aliphatic imine (C=N–C) groups is 1. The van der Waals surface area contributed by atoms with Crippen LogP contribution in [0.3, 0.4) is 0 Å². The van der Waals surface area contributed by atoms with Crippen LogP contribution in [0, 0.1) is 0 Å². The first-order chi connectivity index (χ1) is 13.0. The number of para-hydroxylation sites is 1. The van der Waals surface area contributed by atoms with Crippen molar-refractivity contribution in [2.75, 3.05) is 0 Å². The van der Waals surface area contributed by atoms with Crippen molar-refractivity contribution < 1.29 is 5.11 Å². The monoisotopic (exact) mass is 381 g/mol. The van der Waals surface area contributed by atoms with E-state index in [0.717, 1.165) is 14.7 Å². The van der Waals surface area contributed by atoms with E-state index < -0.39 is 17.1 Å². The zero-order chi connectivity index (χ0) is 19.4. The van der Waals surface area contributed by atoms with Crippen LogP contribution in [0.15, 0.2) is 75.2 Å². The normalized spacial score (nSPS) is 11.6. The maximum atomic E-state index is 12.7. The van der Waals surface area contributed by atoms with Crippen molar-refractivity contribution in [3.8, 4) is 5.88 Å². The Balaban J connectivity index is 2.12. The van der Waals surface area contributed by atoms with Gasteiger partial charge in [0.2, 0.25) is 5.88 Å². The van der Waals surface area contributed by atoms with E-state index in [0.29, 0.717) is 16.5 Å². The van der Waals surface area contributed by atoms with Crippen molar-refractivity contribution >= 4 is 22.5 Å². The molecule has 6 nitrogen and oxygen atoms in total. The van der Waals surface area contributed by atoms with Gasteiger partial charge in [-0.05, 0) is 17.7 Å². The van der Waals surface area contributed by atoms with Crippen LogP contribution >= 0.6 is 11.8 Å². The summed E-state index contributed by atoms with van der Waals surface area (Å²) in [6, 6.07) is 18.9.